The maximum absolute atomic E-state index is 13.8. The van der Waals surface area contributed by atoms with Gasteiger partial charge in [0.05, 0.1) is 12.7 Å². The molecule has 0 atom stereocenters. The van der Waals surface area contributed by atoms with E-state index in [4.69, 9.17) is 10.6 Å². The monoisotopic (exact) mass is 294 g/mol. The zero-order valence-electron chi connectivity index (χ0n) is 12.6. The van der Waals surface area contributed by atoms with Crippen LogP contribution in [0, 0.1) is 11.2 Å². The van der Waals surface area contributed by atoms with Gasteiger partial charge in [0.2, 0.25) is 0 Å². The van der Waals surface area contributed by atoms with Gasteiger partial charge in [-0.1, -0.05) is 13.8 Å². The highest BCUT2D eigenvalue weighted by atomic mass is 19.1. The maximum Gasteiger partial charge on any atom is 0.265 e. The summed E-state index contributed by atoms with van der Waals surface area (Å²) in [6, 6.07) is 4.17. The molecular weight excluding hydrogens is 271 g/mol. The van der Waals surface area contributed by atoms with Crippen LogP contribution in [-0.2, 0) is 11.3 Å². The molecule has 1 aromatic carbocycles. The third-order valence-corrected chi connectivity index (χ3v) is 4.20. The second kappa shape index (κ2) is 6.54. The van der Waals surface area contributed by atoms with Crippen LogP contribution in [0.25, 0.3) is 0 Å². The number of amides is 1. The molecule has 3 N–H and O–H groups in total. The summed E-state index contributed by atoms with van der Waals surface area (Å²) < 4.78 is 19.6. The normalized spacial score (nSPS) is 18.5. The average Bonchev–Trinajstić information content (AvgIpc) is 2.46. The van der Waals surface area contributed by atoms with Gasteiger partial charge in [0.25, 0.3) is 5.91 Å². The molecule has 0 saturated heterocycles. The number of nitrogen functional groups attached to an aromatic ring is 1. The average molecular weight is 294 g/mol. The lowest BCUT2D eigenvalue weighted by Crippen LogP contribution is -2.30. The van der Waals surface area contributed by atoms with E-state index in [0.717, 1.165) is 25.7 Å². The van der Waals surface area contributed by atoms with Gasteiger partial charge in [0.1, 0.15) is 5.82 Å². The van der Waals surface area contributed by atoms with Gasteiger partial charge in [0.15, 0.2) is 0 Å². The highest BCUT2D eigenvalue weighted by Gasteiger charge is 2.27. The number of hydrogen-bond acceptors (Lipinski definition) is 3. The van der Waals surface area contributed by atoms with Crippen molar-refractivity contribution in [3.05, 3.63) is 35.1 Å². The number of halogens is 1. The largest absolute Gasteiger partial charge is 0.373 e. The predicted octanol–water partition coefficient (Wildman–Crippen LogP) is 2.91. The first-order valence-corrected chi connectivity index (χ1v) is 7.32. The van der Waals surface area contributed by atoms with Crippen molar-refractivity contribution in [1.29, 1.82) is 0 Å². The minimum Gasteiger partial charge on any atom is -0.373 e. The summed E-state index contributed by atoms with van der Waals surface area (Å²) in [4.78, 5) is 11.5. The van der Waals surface area contributed by atoms with E-state index >= 15 is 0 Å². The molecule has 0 aromatic heterocycles. The summed E-state index contributed by atoms with van der Waals surface area (Å²) in [6.07, 6.45) is 4.41. The maximum atomic E-state index is 13.8. The SMILES string of the molecule is CC1(C)CCC(OCc2cc(C(=O)NN)ccc2F)CC1. The Morgan fingerprint density at radius 2 is 2.10 bits per heavy atom. The quantitative estimate of drug-likeness (QED) is 0.510. The lowest BCUT2D eigenvalue weighted by atomic mass is 9.76. The number of hydrogen-bond donors (Lipinski definition) is 2. The van der Waals surface area contributed by atoms with Gasteiger partial charge in [-0.25, -0.2) is 10.2 Å². The molecule has 0 aliphatic heterocycles. The molecule has 0 bridgehead atoms. The van der Waals surface area contributed by atoms with Crippen LogP contribution in [0.15, 0.2) is 18.2 Å². The molecule has 5 heteroatoms. The summed E-state index contributed by atoms with van der Waals surface area (Å²) >= 11 is 0. The number of hydrazine groups is 1. The molecule has 1 aromatic rings. The standard InChI is InChI=1S/C16H23FN2O2/c1-16(2)7-5-13(6-8-16)21-10-12-9-11(15(20)19-18)3-4-14(12)17/h3-4,9,13H,5-8,10,18H2,1-2H3,(H,19,20). The molecule has 1 fully saturated rings. The number of rotatable bonds is 4. The zero-order valence-corrected chi connectivity index (χ0v) is 12.6. The zero-order chi connectivity index (χ0) is 15.5. The highest BCUT2D eigenvalue weighted by molar-refractivity contribution is 5.93. The number of nitrogens with one attached hydrogen (secondary N) is 1. The van der Waals surface area contributed by atoms with E-state index in [-0.39, 0.29) is 18.5 Å². The van der Waals surface area contributed by atoms with Crippen molar-refractivity contribution >= 4 is 5.91 Å². The van der Waals surface area contributed by atoms with E-state index in [1.54, 1.807) is 0 Å². The fraction of sp³-hybridized carbons (Fsp3) is 0.562. The van der Waals surface area contributed by atoms with E-state index in [1.807, 2.05) is 5.43 Å². The Labute approximate surface area is 124 Å². The van der Waals surface area contributed by atoms with Crippen molar-refractivity contribution in [2.45, 2.75) is 52.2 Å². The van der Waals surface area contributed by atoms with Gasteiger partial charge in [-0.3, -0.25) is 10.2 Å². The van der Waals surface area contributed by atoms with E-state index in [1.165, 1.54) is 18.2 Å². The van der Waals surface area contributed by atoms with E-state index in [9.17, 15) is 9.18 Å². The van der Waals surface area contributed by atoms with Crippen molar-refractivity contribution in [1.82, 2.24) is 5.43 Å². The first-order valence-electron chi connectivity index (χ1n) is 7.32. The van der Waals surface area contributed by atoms with Crippen LogP contribution in [0.5, 0.6) is 0 Å². The molecule has 1 aliphatic rings. The molecule has 2 rings (SSSR count). The smallest absolute Gasteiger partial charge is 0.265 e. The minimum absolute atomic E-state index is 0.171. The first-order chi connectivity index (χ1) is 9.91. The minimum atomic E-state index is -0.435. The summed E-state index contributed by atoms with van der Waals surface area (Å²) in [7, 11) is 0. The van der Waals surface area contributed by atoms with Crippen LogP contribution in [0.2, 0.25) is 0 Å². The summed E-state index contributed by atoms with van der Waals surface area (Å²) in [5.74, 6) is 4.29. The fourth-order valence-electron chi connectivity index (χ4n) is 2.66. The van der Waals surface area contributed by atoms with Gasteiger partial charge in [-0.15, -0.1) is 0 Å². The molecule has 1 amide bonds. The molecule has 1 aliphatic carbocycles. The van der Waals surface area contributed by atoms with E-state index in [2.05, 4.69) is 13.8 Å². The Morgan fingerprint density at radius 1 is 1.43 bits per heavy atom. The Morgan fingerprint density at radius 3 is 2.71 bits per heavy atom. The molecule has 1 saturated carbocycles. The van der Waals surface area contributed by atoms with Crippen molar-refractivity contribution in [3.8, 4) is 0 Å². The Hall–Kier alpha value is -1.46. The summed E-state index contributed by atoms with van der Waals surface area (Å²) in [5, 5.41) is 0. The van der Waals surface area contributed by atoms with Crippen molar-refractivity contribution < 1.29 is 13.9 Å². The number of ether oxygens (including phenoxy) is 1. The highest BCUT2D eigenvalue weighted by Crippen LogP contribution is 2.36. The first kappa shape index (κ1) is 15.9. The summed E-state index contributed by atoms with van der Waals surface area (Å²) in [5.41, 5.74) is 3.14. The predicted molar refractivity (Wildman–Crippen MR) is 78.9 cm³/mol. The number of carbonyl (C=O) groups is 1. The molecule has 0 unspecified atom stereocenters. The third kappa shape index (κ3) is 4.25. The van der Waals surface area contributed by atoms with Crippen molar-refractivity contribution in [2.24, 2.45) is 11.3 Å². The van der Waals surface area contributed by atoms with Crippen LogP contribution >= 0.6 is 0 Å². The third-order valence-electron chi connectivity index (χ3n) is 4.20. The summed E-state index contributed by atoms with van der Waals surface area (Å²) in [6.45, 7) is 4.71. The van der Waals surface area contributed by atoms with Gasteiger partial charge < -0.3 is 4.74 Å². The lowest BCUT2D eigenvalue weighted by Gasteiger charge is -2.34. The fourth-order valence-corrected chi connectivity index (χ4v) is 2.66. The molecule has 0 heterocycles. The molecule has 21 heavy (non-hydrogen) atoms. The van der Waals surface area contributed by atoms with Crippen LogP contribution in [0.4, 0.5) is 4.39 Å². The van der Waals surface area contributed by atoms with E-state index in [0.29, 0.717) is 16.5 Å². The second-order valence-corrected chi connectivity index (χ2v) is 6.45. The lowest BCUT2D eigenvalue weighted by molar-refractivity contribution is -0.00661. The van der Waals surface area contributed by atoms with Gasteiger partial charge >= 0.3 is 0 Å². The van der Waals surface area contributed by atoms with Gasteiger partial charge in [0, 0.05) is 11.1 Å². The molecular formula is C16H23FN2O2. The van der Waals surface area contributed by atoms with E-state index < -0.39 is 5.91 Å². The Kier molecular flexibility index (Phi) is 4.96. The topological polar surface area (TPSA) is 64.3 Å². The second-order valence-electron chi connectivity index (χ2n) is 6.45. The molecule has 0 spiro atoms. The van der Waals surface area contributed by atoms with Crippen molar-refractivity contribution in [3.63, 3.8) is 0 Å². The van der Waals surface area contributed by atoms with Gasteiger partial charge in [-0.2, -0.15) is 0 Å². The molecule has 0 radical (unpaired) electrons. The van der Waals surface area contributed by atoms with Crippen LogP contribution in [0.1, 0.15) is 55.5 Å². The van der Waals surface area contributed by atoms with Crippen LogP contribution in [-0.4, -0.2) is 12.0 Å². The number of nitrogens with two attached hydrogens (primary N) is 1. The Bertz CT molecular complexity index is 507. The number of carbonyl (C=O) groups excluding carboxylic acids is 1. The molecule has 116 valence electrons. The van der Waals surface area contributed by atoms with Crippen LogP contribution in [0.3, 0.4) is 0 Å². The molecule has 4 nitrogen and oxygen atoms in total. The number of benzene rings is 1. The van der Waals surface area contributed by atoms with Gasteiger partial charge in [-0.05, 0) is 49.3 Å². The van der Waals surface area contributed by atoms with Crippen molar-refractivity contribution in [2.75, 3.05) is 0 Å². The van der Waals surface area contributed by atoms with Crippen LogP contribution < -0.4 is 11.3 Å². The Balaban J connectivity index is 1.95.